The number of halogens is 1. The molecule has 1 aromatic rings. The SMILES string of the molecule is Cc1cc(CCCCCCCC(=O)N2C(=O)OC[C@H]2C(C)C)ccc1F. The van der Waals surface area contributed by atoms with Crippen LogP contribution in [0.3, 0.4) is 0 Å². The smallest absolute Gasteiger partial charge is 0.416 e. The molecule has 1 saturated heterocycles. The highest BCUT2D eigenvalue weighted by Crippen LogP contribution is 2.21. The summed E-state index contributed by atoms with van der Waals surface area (Å²) in [4.78, 5) is 25.3. The van der Waals surface area contributed by atoms with Gasteiger partial charge in [-0.2, -0.15) is 0 Å². The Kier molecular flexibility index (Phi) is 7.61. The summed E-state index contributed by atoms with van der Waals surface area (Å²) in [6, 6.07) is 5.16. The van der Waals surface area contributed by atoms with Gasteiger partial charge in [0.25, 0.3) is 0 Å². The van der Waals surface area contributed by atoms with E-state index in [4.69, 9.17) is 4.74 Å². The summed E-state index contributed by atoms with van der Waals surface area (Å²) in [5, 5.41) is 0. The first-order chi connectivity index (χ1) is 12.4. The van der Waals surface area contributed by atoms with Gasteiger partial charge in [-0.25, -0.2) is 14.1 Å². The lowest BCUT2D eigenvalue weighted by Crippen LogP contribution is -2.41. The van der Waals surface area contributed by atoms with E-state index in [1.165, 1.54) is 16.5 Å². The Labute approximate surface area is 155 Å². The van der Waals surface area contributed by atoms with Crippen LogP contribution in [0.4, 0.5) is 9.18 Å². The molecule has 2 rings (SSSR count). The van der Waals surface area contributed by atoms with Gasteiger partial charge in [-0.3, -0.25) is 4.79 Å². The summed E-state index contributed by atoms with van der Waals surface area (Å²) in [6.45, 7) is 6.09. The minimum absolute atomic E-state index is 0.118. The van der Waals surface area contributed by atoms with E-state index in [-0.39, 0.29) is 23.7 Å². The number of nitrogens with zero attached hydrogens (tertiary/aromatic N) is 1. The third-order valence-corrected chi connectivity index (χ3v) is 5.02. The number of cyclic esters (lactones) is 1. The van der Waals surface area contributed by atoms with Crippen molar-refractivity contribution in [1.82, 2.24) is 4.90 Å². The average Bonchev–Trinajstić information content (AvgIpc) is 2.99. The Balaban J connectivity index is 1.60. The molecule has 0 radical (unpaired) electrons. The molecule has 0 aliphatic carbocycles. The molecule has 4 nitrogen and oxygen atoms in total. The van der Waals surface area contributed by atoms with Gasteiger partial charge in [0.15, 0.2) is 0 Å². The summed E-state index contributed by atoms with van der Waals surface area (Å²) in [5.41, 5.74) is 1.87. The number of amides is 2. The molecule has 0 spiro atoms. The van der Waals surface area contributed by atoms with Crippen molar-refractivity contribution in [1.29, 1.82) is 0 Å². The Morgan fingerprint density at radius 3 is 2.62 bits per heavy atom. The molecule has 0 aromatic heterocycles. The van der Waals surface area contributed by atoms with Crippen molar-refractivity contribution >= 4 is 12.0 Å². The van der Waals surface area contributed by atoms with Gasteiger partial charge < -0.3 is 4.74 Å². The van der Waals surface area contributed by atoms with E-state index in [1.54, 1.807) is 6.92 Å². The Morgan fingerprint density at radius 2 is 1.92 bits per heavy atom. The van der Waals surface area contributed by atoms with Crippen LogP contribution in [0.25, 0.3) is 0 Å². The third-order valence-electron chi connectivity index (χ3n) is 5.02. The van der Waals surface area contributed by atoms with Crippen LogP contribution in [-0.4, -0.2) is 29.5 Å². The van der Waals surface area contributed by atoms with E-state index in [9.17, 15) is 14.0 Å². The van der Waals surface area contributed by atoms with Crippen LogP contribution in [0.5, 0.6) is 0 Å². The average molecular weight is 363 g/mol. The maximum absolute atomic E-state index is 13.2. The molecular formula is C21H30FNO3. The fourth-order valence-electron chi connectivity index (χ4n) is 3.33. The van der Waals surface area contributed by atoms with E-state index < -0.39 is 6.09 Å². The van der Waals surface area contributed by atoms with Gasteiger partial charge in [0, 0.05) is 6.42 Å². The van der Waals surface area contributed by atoms with Gasteiger partial charge in [0.1, 0.15) is 12.4 Å². The van der Waals surface area contributed by atoms with Gasteiger partial charge in [-0.15, -0.1) is 0 Å². The van der Waals surface area contributed by atoms with Crippen molar-refractivity contribution in [3.8, 4) is 0 Å². The standard InChI is InChI=1S/C21H30FNO3/c1-15(2)19-14-26-21(25)23(19)20(24)10-8-6-4-5-7-9-17-11-12-18(22)16(3)13-17/h11-13,15,19H,4-10,14H2,1-3H3/t19-/m0/s1. The van der Waals surface area contributed by atoms with Crippen LogP contribution in [0.15, 0.2) is 18.2 Å². The van der Waals surface area contributed by atoms with Gasteiger partial charge in [0.2, 0.25) is 5.91 Å². The number of ether oxygens (including phenoxy) is 1. The largest absolute Gasteiger partial charge is 0.447 e. The quantitative estimate of drug-likeness (QED) is 0.579. The fourth-order valence-corrected chi connectivity index (χ4v) is 3.33. The number of rotatable bonds is 9. The monoisotopic (exact) mass is 363 g/mol. The number of unbranched alkanes of at least 4 members (excludes halogenated alkanes) is 4. The number of hydrogen-bond donors (Lipinski definition) is 0. The maximum atomic E-state index is 13.2. The van der Waals surface area contributed by atoms with E-state index in [2.05, 4.69) is 0 Å². The van der Waals surface area contributed by atoms with Crippen LogP contribution in [0.1, 0.15) is 63.5 Å². The first-order valence-corrected chi connectivity index (χ1v) is 9.64. The molecule has 1 heterocycles. The Bertz CT molecular complexity index is 630. The summed E-state index contributed by atoms with van der Waals surface area (Å²) in [5.74, 6) is -0.0616. The molecule has 1 atom stereocenters. The highest BCUT2D eigenvalue weighted by Gasteiger charge is 2.38. The summed E-state index contributed by atoms with van der Waals surface area (Å²) in [7, 11) is 0. The molecule has 1 aliphatic rings. The minimum Gasteiger partial charge on any atom is -0.447 e. The van der Waals surface area contributed by atoms with Crippen molar-refractivity contribution in [3.05, 3.63) is 35.1 Å². The molecule has 144 valence electrons. The van der Waals surface area contributed by atoms with Crippen LogP contribution in [0, 0.1) is 18.7 Å². The molecule has 1 fully saturated rings. The maximum Gasteiger partial charge on any atom is 0.416 e. The first kappa shape index (κ1) is 20.4. The van der Waals surface area contributed by atoms with E-state index in [0.29, 0.717) is 18.6 Å². The van der Waals surface area contributed by atoms with E-state index in [0.717, 1.165) is 38.5 Å². The van der Waals surface area contributed by atoms with Crippen molar-refractivity contribution < 1.29 is 18.7 Å². The van der Waals surface area contributed by atoms with Crippen molar-refractivity contribution in [2.75, 3.05) is 6.61 Å². The van der Waals surface area contributed by atoms with E-state index in [1.807, 2.05) is 26.0 Å². The van der Waals surface area contributed by atoms with E-state index >= 15 is 0 Å². The lowest BCUT2D eigenvalue weighted by molar-refractivity contribution is -0.129. The Morgan fingerprint density at radius 1 is 1.23 bits per heavy atom. The first-order valence-electron chi connectivity index (χ1n) is 9.64. The second kappa shape index (κ2) is 9.70. The molecule has 0 N–H and O–H groups in total. The second-order valence-electron chi connectivity index (χ2n) is 7.50. The Hall–Kier alpha value is -1.91. The minimum atomic E-state index is -0.497. The number of imide groups is 1. The molecule has 0 saturated carbocycles. The van der Waals surface area contributed by atoms with Gasteiger partial charge in [0.05, 0.1) is 6.04 Å². The zero-order valence-electron chi connectivity index (χ0n) is 16.1. The lowest BCUT2D eigenvalue weighted by atomic mass is 10.0. The molecule has 0 bridgehead atoms. The summed E-state index contributed by atoms with van der Waals surface area (Å²) < 4.78 is 18.3. The summed E-state index contributed by atoms with van der Waals surface area (Å²) >= 11 is 0. The molecule has 26 heavy (non-hydrogen) atoms. The van der Waals surface area contributed by atoms with Crippen molar-refractivity contribution in [2.45, 2.75) is 71.8 Å². The van der Waals surface area contributed by atoms with Crippen LogP contribution in [0.2, 0.25) is 0 Å². The third kappa shape index (κ3) is 5.55. The molecule has 1 aliphatic heterocycles. The van der Waals surface area contributed by atoms with Crippen LogP contribution < -0.4 is 0 Å². The van der Waals surface area contributed by atoms with Crippen LogP contribution >= 0.6 is 0 Å². The normalized spacial score (nSPS) is 17.0. The molecule has 5 heteroatoms. The predicted octanol–water partition coefficient (Wildman–Crippen LogP) is 5.02. The highest BCUT2D eigenvalue weighted by molar-refractivity contribution is 5.93. The van der Waals surface area contributed by atoms with Gasteiger partial charge >= 0.3 is 6.09 Å². The molecule has 1 aromatic carbocycles. The van der Waals surface area contributed by atoms with Crippen LogP contribution in [-0.2, 0) is 16.0 Å². The van der Waals surface area contributed by atoms with Gasteiger partial charge in [-0.05, 0) is 49.3 Å². The summed E-state index contributed by atoms with van der Waals surface area (Å²) in [6.07, 6.45) is 5.84. The second-order valence-corrected chi connectivity index (χ2v) is 7.50. The molecular weight excluding hydrogens is 333 g/mol. The topological polar surface area (TPSA) is 46.6 Å². The highest BCUT2D eigenvalue weighted by atomic mass is 19.1. The zero-order valence-corrected chi connectivity index (χ0v) is 16.1. The number of aryl methyl sites for hydroxylation is 2. The number of carbonyl (C=O) groups excluding carboxylic acids is 2. The number of carbonyl (C=O) groups is 2. The predicted molar refractivity (Wildman–Crippen MR) is 99.4 cm³/mol. The molecule has 0 unspecified atom stereocenters. The van der Waals surface area contributed by atoms with Crippen molar-refractivity contribution in [3.63, 3.8) is 0 Å². The fraction of sp³-hybridized carbons (Fsp3) is 0.619. The molecule has 2 amide bonds. The zero-order chi connectivity index (χ0) is 19.1. The number of benzene rings is 1. The van der Waals surface area contributed by atoms with Crippen molar-refractivity contribution in [2.24, 2.45) is 5.92 Å². The number of hydrogen-bond acceptors (Lipinski definition) is 3. The van der Waals surface area contributed by atoms with Gasteiger partial charge in [-0.1, -0.05) is 45.2 Å². The lowest BCUT2D eigenvalue weighted by Gasteiger charge is -2.22.